The summed E-state index contributed by atoms with van der Waals surface area (Å²) in [5.41, 5.74) is 8.42. The second kappa shape index (κ2) is 9.39. The van der Waals surface area contributed by atoms with Crippen molar-refractivity contribution < 1.29 is 9.50 Å². The monoisotopic (exact) mass is 517 g/mol. The Bertz CT molecular complexity index is 2010. The molecule has 0 unspecified atom stereocenters. The van der Waals surface area contributed by atoms with Gasteiger partial charge in [-0.3, -0.25) is 9.36 Å². The second-order valence-corrected chi connectivity index (χ2v) is 8.87. The minimum Gasteiger partial charge on any atom is -0.508 e. The number of nitrogens with two attached hydrogens (primary N) is 1. The molecule has 0 aliphatic heterocycles. The molecule has 6 aromatic rings. The maximum absolute atomic E-state index is 14.7. The van der Waals surface area contributed by atoms with Gasteiger partial charge in [0, 0.05) is 16.7 Å². The number of aromatic hydroxyl groups is 1. The first kappa shape index (κ1) is 23.8. The summed E-state index contributed by atoms with van der Waals surface area (Å²) in [7, 11) is 0. The lowest BCUT2D eigenvalue weighted by molar-refractivity contribution is 0.475. The molecule has 0 bridgehead atoms. The van der Waals surface area contributed by atoms with Crippen molar-refractivity contribution in [3.8, 4) is 29.4 Å². The van der Waals surface area contributed by atoms with Crippen molar-refractivity contribution in [2.45, 2.75) is 13.1 Å². The fraction of sp³-hybridized carbons (Fsp3) is 0.0690. The maximum atomic E-state index is 14.7. The molecule has 0 fully saturated rings. The smallest absolute Gasteiger partial charge is 0.263 e. The third-order valence-electron chi connectivity index (χ3n) is 6.47. The Labute approximate surface area is 221 Å². The molecule has 0 saturated carbocycles. The number of anilines is 1. The highest BCUT2D eigenvalue weighted by atomic mass is 19.1. The van der Waals surface area contributed by atoms with Gasteiger partial charge in [0.15, 0.2) is 5.65 Å². The number of halogens is 1. The zero-order valence-electron chi connectivity index (χ0n) is 20.4. The number of nitrogen functional groups attached to an aromatic ring is 1. The van der Waals surface area contributed by atoms with Crippen LogP contribution < -0.4 is 11.3 Å². The molecule has 0 amide bonds. The van der Waals surface area contributed by atoms with Crippen molar-refractivity contribution in [1.29, 1.82) is 0 Å². The summed E-state index contributed by atoms with van der Waals surface area (Å²) in [6.45, 7) is -0.0654. The second-order valence-electron chi connectivity index (χ2n) is 8.87. The lowest BCUT2D eigenvalue weighted by atomic mass is 10.1. The first-order valence-corrected chi connectivity index (χ1v) is 11.9. The summed E-state index contributed by atoms with van der Waals surface area (Å²) in [4.78, 5) is 27.1. The maximum Gasteiger partial charge on any atom is 0.263 e. The van der Waals surface area contributed by atoms with Crippen LogP contribution >= 0.6 is 0 Å². The number of benzene rings is 3. The molecule has 3 aromatic carbocycles. The molecule has 0 saturated heterocycles. The largest absolute Gasteiger partial charge is 0.508 e. The van der Waals surface area contributed by atoms with Gasteiger partial charge in [0.2, 0.25) is 0 Å². The summed E-state index contributed by atoms with van der Waals surface area (Å²) >= 11 is 0. The van der Waals surface area contributed by atoms with Gasteiger partial charge in [-0.25, -0.2) is 24.0 Å². The Hall–Kier alpha value is -5.56. The van der Waals surface area contributed by atoms with E-state index in [0.29, 0.717) is 44.8 Å². The minimum atomic E-state index is -0.447. The molecule has 0 radical (unpaired) electrons. The fourth-order valence-corrected chi connectivity index (χ4v) is 4.64. The highest BCUT2D eigenvalue weighted by molar-refractivity contribution is 5.98. The Balaban J connectivity index is 1.58. The van der Waals surface area contributed by atoms with Gasteiger partial charge in [-0.2, -0.15) is 5.10 Å². The number of rotatable bonds is 5. The molecule has 3 heterocycles. The highest BCUT2D eigenvalue weighted by Gasteiger charge is 2.21. The van der Waals surface area contributed by atoms with E-state index in [0.717, 1.165) is 0 Å². The Morgan fingerprint density at radius 2 is 1.82 bits per heavy atom. The van der Waals surface area contributed by atoms with E-state index in [4.69, 9.17) is 22.2 Å². The summed E-state index contributed by atoms with van der Waals surface area (Å²) < 4.78 is 17.6. The predicted octanol–water partition coefficient (Wildman–Crippen LogP) is 3.71. The molecule has 0 spiro atoms. The van der Waals surface area contributed by atoms with Crippen LogP contribution in [0.3, 0.4) is 0 Å². The first-order valence-electron chi connectivity index (χ1n) is 11.9. The molecule has 190 valence electrons. The van der Waals surface area contributed by atoms with Crippen LogP contribution in [0.5, 0.6) is 5.75 Å². The van der Waals surface area contributed by atoms with Crippen LogP contribution in [-0.2, 0) is 13.1 Å². The summed E-state index contributed by atoms with van der Waals surface area (Å²) in [5.74, 6) is 2.68. The molecule has 9 nitrogen and oxygen atoms in total. The van der Waals surface area contributed by atoms with E-state index >= 15 is 0 Å². The van der Waals surface area contributed by atoms with Crippen LogP contribution in [0.1, 0.15) is 17.0 Å². The lowest BCUT2D eigenvalue weighted by Gasteiger charge is -2.15. The zero-order chi connectivity index (χ0) is 27.1. The zero-order valence-corrected chi connectivity index (χ0v) is 20.4. The molecule has 0 aliphatic rings. The topological polar surface area (TPSA) is 125 Å². The molecular formula is C29H20FN7O2. The third kappa shape index (κ3) is 4.12. The van der Waals surface area contributed by atoms with Gasteiger partial charge in [-0.05, 0) is 30.3 Å². The van der Waals surface area contributed by atoms with Crippen molar-refractivity contribution in [2.24, 2.45) is 0 Å². The van der Waals surface area contributed by atoms with E-state index in [9.17, 15) is 14.3 Å². The van der Waals surface area contributed by atoms with E-state index in [1.165, 1.54) is 17.0 Å². The Morgan fingerprint density at radius 1 is 1.00 bits per heavy atom. The van der Waals surface area contributed by atoms with Crippen molar-refractivity contribution in [3.05, 3.63) is 106 Å². The van der Waals surface area contributed by atoms with E-state index in [-0.39, 0.29) is 30.0 Å². The van der Waals surface area contributed by atoms with Crippen LogP contribution in [0.4, 0.5) is 10.2 Å². The standard InChI is InChI=1S/C29H20FN7O2/c1-2-17-8-6-12-22-24(17)29(39)36(14-19-7-3-4-11-21(19)30)23(34-22)15-37-28-25(27(31)32-16-33-28)26(35-37)18-9-5-10-20(38)13-18/h1,3-13,16,38H,14-15H2,(H2,31,32,33). The molecule has 6 rings (SSSR count). The average molecular weight is 518 g/mol. The van der Waals surface area contributed by atoms with Gasteiger partial charge in [-0.1, -0.05) is 42.3 Å². The Morgan fingerprint density at radius 3 is 2.62 bits per heavy atom. The number of phenols is 1. The normalized spacial score (nSPS) is 11.2. The van der Waals surface area contributed by atoms with Gasteiger partial charge in [0.1, 0.15) is 41.8 Å². The minimum absolute atomic E-state index is 0.00564. The molecular weight excluding hydrogens is 497 g/mol. The summed E-state index contributed by atoms with van der Waals surface area (Å²) in [5, 5.41) is 15.5. The van der Waals surface area contributed by atoms with Crippen LogP contribution in [0.2, 0.25) is 0 Å². The summed E-state index contributed by atoms with van der Waals surface area (Å²) in [6.07, 6.45) is 7.00. The van der Waals surface area contributed by atoms with Crippen LogP contribution in [0.15, 0.2) is 77.9 Å². The van der Waals surface area contributed by atoms with Gasteiger partial charge in [0.05, 0.1) is 22.8 Å². The van der Waals surface area contributed by atoms with Gasteiger partial charge >= 0.3 is 0 Å². The van der Waals surface area contributed by atoms with E-state index in [2.05, 4.69) is 15.9 Å². The molecule has 39 heavy (non-hydrogen) atoms. The van der Waals surface area contributed by atoms with E-state index < -0.39 is 11.4 Å². The predicted molar refractivity (Wildman–Crippen MR) is 145 cm³/mol. The number of hydrogen-bond donors (Lipinski definition) is 2. The number of aromatic nitrogens is 6. The van der Waals surface area contributed by atoms with Crippen LogP contribution in [-0.4, -0.2) is 34.4 Å². The van der Waals surface area contributed by atoms with E-state index in [1.807, 2.05) is 0 Å². The number of hydrogen-bond acceptors (Lipinski definition) is 7. The average Bonchev–Trinajstić information content (AvgIpc) is 3.31. The molecule has 0 atom stereocenters. The summed E-state index contributed by atoms with van der Waals surface area (Å²) in [6, 6.07) is 17.9. The lowest BCUT2D eigenvalue weighted by Crippen LogP contribution is -2.28. The van der Waals surface area contributed by atoms with Gasteiger partial charge in [0.25, 0.3) is 5.56 Å². The number of terminal acetylenes is 1. The van der Waals surface area contributed by atoms with Crippen molar-refractivity contribution >= 4 is 27.8 Å². The number of nitrogens with zero attached hydrogens (tertiary/aromatic N) is 6. The van der Waals surface area contributed by atoms with Crippen LogP contribution in [0, 0.1) is 18.2 Å². The number of fused-ring (bicyclic) bond motifs is 2. The molecule has 10 heteroatoms. The molecule has 3 N–H and O–H groups in total. The Kier molecular flexibility index (Phi) is 5.73. The van der Waals surface area contributed by atoms with Gasteiger partial charge in [-0.15, -0.1) is 6.42 Å². The molecule has 3 aromatic heterocycles. The van der Waals surface area contributed by atoms with Crippen molar-refractivity contribution in [2.75, 3.05) is 5.73 Å². The van der Waals surface area contributed by atoms with Crippen molar-refractivity contribution in [3.63, 3.8) is 0 Å². The number of phenolic OH excluding ortho intramolecular Hbond substituents is 1. The molecule has 0 aliphatic carbocycles. The fourth-order valence-electron chi connectivity index (χ4n) is 4.64. The quantitative estimate of drug-likeness (QED) is 0.334. The van der Waals surface area contributed by atoms with Crippen LogP contribution in [0.25, 0.3) is 33.2 Å². The van der Waals surface area contributed by atoms with Gasteiger partial charge < -0.3 is 10.8 Å². The van der Waals surface area contributed by atoms with Crippen molar-refractivity contribution in [1.82, 2.24) is 29.3 Å². The highest BCUT2D eigenvalue weighted by Crippen LogP contribution is 2.32. The third-order valence-corrected chi connectivity index (χ3v) is 6.47. The first-order chi connectivity index (χ1) is 18.9. The SMILES string of the molecule is C#Cc1cccc2nc(Cn3nc(-c4cccc(O)c4)c4c(N)ncnc43)n(Cc3ccccc3F)c(=O)c12. The van der Waals surface area contributed by atoms with E-state index in [1.54, 1.807) is 65.3 Å².